The topological polar surface area (TPSA) is 85.7 Å². The second-order valence-corrected chi connectivity index (χ2v) is 5.09. The van der Waals surface area contributed by atoms with Gasteiger partial charge in [-0.25, -0.2) is 0 Å². The number of hydrogen-bond donors (Lipinski definition) is 1. The molecule has 1 aromatic heterocycles. The van der Waals surface area contributed by atoms with E-state index in [0.717, 1.165) is 11.1 Å². The average molecular weight is 321 g/mol. The van der Waals surface area contributed by atoms with Crippen molar-refractivity contribution in [1.29, 1.82) is 5.26 Å². The second-order valence-electron chi connectivity index (χ2n) is 5.09. The zero-order chi connectivity index (χ0) is 16.6. The first-order valence-electron chi connectivity index (χ1n) is 6.69. The molecule has 1 aliphatic rings. The van der Waals surface area contributed by atoms with Crippen molar-refractivity contribution >= 4 is 5.91 Å². The number of amides is 1. The highest BCUT2D eigenvalue weighted by Gasteiger charge is 2.41. The molecule has 9 heteroatoms. The molecule has 0 spiro atoms. The van der Waals surface area contributed by atoms with Crippen LogP contribution in [0.5, 0.6) is 0 Å². The number of rotatable bonds is 1. The standard InChI is InChI=1S/C14H10F3N5O/c15-14(16,17)12-11(19-21-20-12)13(23)22-4-3-9-5-8(6-18)1-2-10(9)7-22/h1-2,5H,3-4,7H2,(H,19,20,21). The number of hydrogen-bond acceptors (Lipinski definition) is 4. The van der Waals surface area contributed by atoms with Crippen molar-refractivity contribution in [2.24, 2.45) is 0 Å². The van der Waals surface area contributed by atoms with Crippen LogP contribution in [0.1, 0.15) is 32.9 Å². The SMILES string of the molecule is N#Cc1ccc2c(c1)CCN(C(=O)c1n[nH]nc1C(F)(F)F)C2. The largest absolute Gasteiger partial charge is 0.437 e. The predicted octanol–water partition coefficient (Wildman–Crippen LogP) is 1.89. The fourth-order valence-corrected chi connectivity index (χ4v) is 2.52. The van der Waals surface area contributed by atoms with Crippen LogP contribution in [0, 0.1) is 11.3 Å². The first-order valence-corrected chi connectivity index (χ1v) is 6.69. The van der Waals surface area contributed by atoms with E-state index in [4.69, 9.17) is 5.26 Å². The molecular weight excluding hydrogens is 311 g/mol. The van der Waals surface area contributed by atoms with Gasteiger partial charge in [-0.1, -0.05) is 6.07 Å². The van der Waals surface area contributed by atoms with Gasteiger partial charge in [0, 0.05) is 13.1 Å². The number of nitrogens with zero attached hydrogens (tertiary/aromatic N) is 4. The molecule has 0 bridgehead atoms. The number of nitrogens with one attached hydrogen (secondary N) is 1. The molecule has 2 heterocycles. The number of carbonyl (C=O) groups excluding carboxylic acids is 1. The van der Waals surface area contributed by atoms with Gasteiger partial charge in [-0.05, 0) is 29.7 Å². The van der Waals surface area contributed by atoms with Crippen molar-refractivity contribution in [3.63, 3.8) is 0 Å². The summed E-state index contributed by atoms with van der Waals surface area (Å²) in [5, 5.41) is 17.1. The number of aromatic nitrogens is 3. The third kappa shape index (κ3) is 2.75. The first kappa shape index (κ1) is 15.0. The minimum atomic E-state index is -4.74. The minimum Gasteiger partial charge on any atom is -0.333 e. The molecule has 1 aromatic carbocycles. The van der Waals surface area contributed by atoms with Gasteiger partial charge >= 0.3 is 6.18 Å². The molecule has 6 nitrogen and oxygen atoms in total. The van der Waals surface area contributed by atoms with Crippen LogP contribution in [0.2, 0.25) is 0 Å². The summed E-state index contributed by atoms with van der Waals surface area (Å²) in [6.07, 6.45) is -4.27. The van der Waals surface area contributed by atoms with Crippen molar-refractivity contribution < 1.29 is 18.0 Å². The highest BCUT2D eigenvalue weighted by Crippen LogP contribution is 2.30. The predicted molar refractivity (Wildman–Crippen MR) is 71.0 cm³/mol. The summed E-state index contributed by atoms with van der Waals surface area (Å²) >= 11 is 0. The van der Waals surface area contributed by atoms with E-state index in [1.807, 2.05) is 11.3 Å². The van der Waals surface area contributed by atoms with Crippen LogP contribution in [0.25, 0.3) is 0 Å². The zero-order valence-electron chi connectivity index (χ0n) is 11.7. The lowest BCUT2D eigenvalue weighted by Gasteiger charge is -2.28. The number of benzene rings is 1. The van der Waals surface area contributed by atoms with E-state index < -0.39 is 23.5 Å². The van der Waals surface area contributed by atoms with Crippen molar-refractivity contribution in [1.82, 2.24) is 20.3 Å². The van der Waals surface area contributed by atoms with E-state index in [-0.39, 0.29) is 13.1 Å². The van der Waals surface area contributed by atoms with Crippen molar-refractivity contribution in [2.75, 3.05) is 6.54 Å². The van der Waals surface area contributed by atoms with Gasteiger partial charge in [0.25, 0.3) is 5.91 Å². The van der Waals surface area contributed by atoms with Gasteiger partial charge in [-0.15, -0.1) is 0 Å². The van der Waals surface area contributed by atoms with Gasteiger partial charge in [0.2, 0.25) is 0 Å². The molecule has 0 radical (unpaired) electrons. The molecular formula is C14H10F3N5O. The quantitative estimate of drug-likeness (QED) is 0.869. The lowest BCUT2D eigenvalue weighted by atomic mass is 9.97. The molecule has 0 aliphatic carbocycles. The Labute approximate surface area is 128 Å². The zero-order valence-corrected chi connectivity index (χ0v) is 11.7. The van der Waals surface area contributed by atoms with Crippen LogP contribution in [-0.4, -0.2) is 32.8 Å². The van der Waals surface area contributed by atoms with E-state index in [9.17, 15) is 18.0 Å². The monoisotopic (exact) mass is 321 g/mol. The maximum absolute atomic E-state index is 12.8. The Bertz CT molecular complexity index is 805. The van der Waals surface area contributed by atoms with Gasteiger partial charge in [-0.3, -0.25) is 4.79 Å². The third-order valence-electron chi connectivity index (χ3n) is 3.65. The van der Waals surface area contributed by atoms with Crippen LogP contribution in [0.3, 0.4) is 0 Å². The van der Waals surface area contributed by atoms with Crippen LogP contribution >= 0.6 is 0 Å². The molecule has 2 aromatic rings. The molecule has 118 valence electrons. The lowest BCUT2D eigenvalue weighted by molar-refractivity contribution is -0.141. The number of alkyl halides is 3. The smallest absolute Gasteiger partial charge is 0.333 e. The van der Waals surface area contributed by atoms with Gasteiger partial charge in [0.1, 0.15) is 0 Å². The minimum absolute atomic E-state index is 0.171. The number of aromatic amines is 1. The molecule has 0 unspecified atom stereocenters. The summed E-state index contributed by atoms with van der Waals surface area (Å²) in [5.41, 5.74) is 0.201. The summed E-state index contributed by atoms with van der Waals surface area (Å²) < 4.78 is 38.4. The van der Waals surface area contributed by atoms with E-state index in [0.29, 0.717) is 12.0 Å². The number of halogens is 3. The van der Waals surface area contributed by atoms with Gasteiger partial charge in [0.05, 0.1) is 11.6 Å². The fraction of sp³-hybridized carbons (Fsp3) is 0.286. The molecule has 1 amide bonds. The van der Waals surface area contributed by atoms with Crippen LogP contribution < -0.4 is 0 Å². The summed E-state index contributed by atoms with van der Waals surface area (Å²) in [4.78, 5) is 13.6. The van der Waals surface area contributed by atoms with Gasteiger partial charge < -0.3 is 4.90 Å². The van der Waals surface area contributed by atoms with Crippen LogP contribution in [0.4, 0.5) is 13.2 Å². The molecule has 1 N–H and O–H groups in total. The molecule has 0 atom stereocenters. The summed E-state index contributed by atoms with van der Waals surface area (Å²) in [5.74, 6) is -0.818. The summed E-state index contributed by atoms with van der Waals surface area (Å²) in [6, 6.07) is 7.08. The van der Waals surface area contributed by atoms with E-state index in [1.165, 1.54) is 4.90 Å². The number of carbonyl (C=O) groups is 1. The second kappa shape index (κ2) is 5.39. The molecule has 0 saturated carbocycles. The number of nitriles is 1. The molecule has 0 saturated heterocycles. The molecule has 0 fully saturated rings. The Kier molecular flexibility index (Phi) is 3.52. The van der Waals surface area contributed by atoms with Crippen molar-refractivity contribution in [2.45, 2.75) is 19.1 Å². The number of H-pyrrole nitrogens is 1. The highest BCUT2D eigenvalue weighted by molar-refractivity contribution is 5.93. The highest BCUT2D eigenvalue weighted by atomic mass is 19.4. The van der Waals surface area contributed by atoms with E-state index in [1.54, 1.807) is 18.2 Å². The maximum Gasteiger partial charge on any atom is 0.437 e. The number of fused-ring (bicyclic) bond motifs is 1. The lowest BCUT2D eigenvalue weighted by Crippen LogP contribution is -2.37. The Morgan fingerprint density at radius 1 is 1.30 bits per heavy atom. The summed E-state index contributed by atoms with van der Waals surface area (Å²) in [7, 11) is 0. The van der Waals surface area contributed by atoms with E-state index in [2.05, 4.69) is 10.2 Å². The summed E-state index contributed by atoms with van der Waals surface area (Å²) in [6.45, 7) is 0.426. The first-order chi connectivity index (χ1) is 10.9. The Morgan fingerprint density at radius 2 is 2.09 bits per heavy atom. The Morgan fingerprint density at radius 3 is 2.78 bits per heavy atom. The van der Waals surface area contributed by atoms with Crippen molar-refractivity contribution in [3.05, 3.63) is 46.3 Å². The van der Waals surface area contributed by atoms with Gasteiger partial charge in [0.15, 0.2) is 11.4 Å². The Hall–Kier alpha value is -2.89. The molecule has 3 rings (SSSR count). The third-order valence-corrected chi connectivity index (χ3v) is 3.65. The molecule has 1 aliphatic heterocycles. The Balaban J connectivity index is 1.86. The molecule has 23 heavy (non-hydrogen) atoms. The maximum atomic E-state index is 12.8. The van der Waals surface area contributed by atoms with Crippen LogP contribution in [-0.2, 0) is 19.1 Å². The van der Waals surface area contributed by atoms with E-state index >= 15 is 0 Å². The van der Waals surface area contributed by atoms with Crippen molar-refractivity contribution in [3.8, 4) is 6.07 Å². The van der Waals surface area contributed by atoms with Crippen LogP contribution in [0.15, 0.2) is 18.2 Å². The fourth-order valence-electron chi connectivity index (χ4n) is 2.52. The van der Waals surface area contributed by atoms with Gasteiger partial charge in [-0.2, -0.15) is 33.8 Å². The normalized spacial score (nSPS) is 14.3. The average Bonchev–Trinajstić information content (AvgIpc) is 3.03.